The molecule has 0 aromatic carbocycles. The van der Waals surface area contributed by atoms with E-state index in [0.29, 0.717) is 13.0 Å². The van der Waals surface area contributed by atoms with Crippen molar-refractivity contribution in [3.8, 4) is 0 Å². The van der Waals surface area contributed by atoms with E-state index < -0.39 is 72.6 Å². The monoisotopic (exact) mass is 471 g/mol. The van der Waals surface area contributed by atoms with Crippen molar-refractivity contribution in [2.75, 3.05) is 6.54 Å². The summed E-state index contributed by atoms with van der Waals surface area (Å²) in [5, 5.41) is 28.2. The molecule has 0 saturated carbocycles. The van der Waals surface area contributed by atoms with Gasteiger partial charge < -0.3 is 37.2 Å². The third-order valence-electron chi connectivity index (χ3n) is 5.02. The van der Waals surface area contributed by atoms with Gasteiger partial charge in [-0.2, -0.15) is 0 Å². The number of hydrogen-bond acceptors (Lipinski definition) is 7. The summed E-state index contributed by atoms with van der Waals surface area (Å²) in [6, 6.07) is -4.47. The summed E-state index contributed by atoms with van der Waals surface area (Å²) >= 11 is 0. The van der Waals surface area contributed by atoms with Gasteiger partial charge in [0.1, 0.15) is 18.1 Å². The van der Waals surface area contributed by atoms with E-state index in [-0.39, 0.29) is 18.8 Å². The molecule has 33 heavy (non-hydrogen) atoms. The number of amides is 4. The highest BCUT2D eigenvalue weighted by atomic mass is 16.4. The minimum atomic E-state index is -1.46. The van der Waals surface area contributed by atoms with Crippen LogP contribution in [0.25, 0.3) is 0 Å². The first-order valence-electron chi connectivity index (χ1n) is 10.8. The zero-order chi connectivity index (χ0) is 25.1. The zero-order valence-corrected chi connectivity index (χ0v) is 18.8. The maximum atomic E-state index is 12.8. The maximum absolute atomic E-state index is 12.8. The summed E-state index contributed by atoms with van der Waals surface area (Å²) in [4.78, 5) is 71.5. The summed E-state index contributed by atoms with van der Waals surface area (Å²) in [5.41, 5.74) is 5.21. The summed E-state index contributed by atoms with van der Waals surface area (Å²) < 4.78 is 0. The number of carboxylic acid groups (broad SMARTS) is 2. The highest BCUT2D eigenvalue weighted by Gasteiger charge is 2.32. The van der Waals surface area contributed by atoms with Crippen LogP contribution in [0.1, 0.15) is 52.4 Å². The van der Waals surface area contributed by atoms with Gasteiger partial charge in [-0.05, 0) is 38.1 Å². The second-order valence-corrected chi connectivity index (χ2v) is 8.40. The average Bonchev–Trinajstić information content (AvgIpc) is 3.23. The quantitative estimate of drug-likeness (QED) is 0.150. The van der Waals surface area contributed by atoms with Gasteiger partial charge in [-0.15, -0.1) is 0 Å². The summed E-state index contributed by atoms with van der Waals surface area (Å²) in [6.07, 6.45) is 0.185. The highest BCUT2D eigenvalue weighted by Crippen LogP contribution is 2.09. The van der Waals surface area contributed by atoms with E-state index in [2.05, 4.69) is 21.3 Å². The van der Waals surface area contributed by atoms with Crippen LogP contribution in [-0.4, -0.2) is 76.5 Å². The molecule has 186 valence electrons. The van der Waals surface area contributed by atoms with Crippen LogP contribution in [0.2, 0.25) is 0 Å². The Labute approximate surface area is 191 Å². The van der Waals surface area contributed by atoms with Gasteiger partial charge in [-0.1, -0.05) is 13.8 Å². The SMILES string of the molecule is CC(C)CC(NC(=O)C(CC(N)=O)NC(=O)C1CCCN1)C(=O)NC(CCC(=O)O)C(=O)O. The molecule has 0 spiro atoms. The molecule has 1 aliphatic rings. The lowest BCUT2D eigenvalue weighted by Crippen LogP contribution is -2.57. The molecular weight excluding hydrogens is 438 g/mol. The van der Waals surface area contributed by atoms with Gasteiger partial charge in [0.05, 0.1) is 12.5 Å². The number of nitrogens with two attached hydrogens (primary N) is 1. The molecular formula is C20H33N5O8. The van der Waals surface area contributed by atoms with Crippen molar-refractivity contribution in [3.05, 3.63) is 0 Å². The number of rotatable bonds is 14. The van der Waals surface area contributed by atoms with Crippen molar-refractivity contribution in [2.24, 2.45) is 11.7 Å². The van der Waals surface area contributed by atoms with Crippen molar-refractivity contribution in [2.45, 2.75) is 76.5 Å². The van der Waals surface area contributed by atoms with Crippen LogP contribution in [0.3, 0.4) is 0 Å². The molecule has 1 fully saturated rings. The van der Waals surface area contributed by atoms with Crippen LogP contribution < -0.4 is 27.0 Å². The Balaban J connectivity index is 2.92. The molecule has 13 nitrogen and oxygen atoms in total. The van der Waals surface area contributed by atoms with Gasteiger partial charge >= 0.3 is 11.9 Å². The summed E-state index contributed by atoms with van der Waals surface area (Å²) in [6.45, 7) is 4.20. The molecule has 4 amide bonds. The molecule has 0 bridgehead atoms. The Bertz CT molecular complexity index is 751. The number of hydrogen-bond donors (Lipinski definition) is 7. The number of carbonyl (C=O) groups excluding carboxylic acids is 4. The standard InChI is InChI=1S/C20H33N5O8/c1-10(2)8-13(18(30)23-12(20(32)33)5-6-16(27)28)24-19(31)14(9-15(21)26)25-17(29)11-4-3-7-22-11/h10-14,22H,3-9H2,1-2H3,(H2,21,26)(H,23,30)(H,24,31)(H,25,29)(H,27,28)(H,32,33). The maximum Gasteiger partial charge on any atom is 0.326 e. The molecule has 1 aliphatic heterocycles. The van der Waals surface area contributed by atoms with Crippen molar-refractivity contribution >= 4 is 35.6 Å². The molecule has 0 radical (unpaired) electrons. The lowest BCUT2D eigenvalue weighted by molar-refractivity contribution is -0.143. The molecule has 0 aliphatic carbocycles. The van der Waals surface area contributed by atoms with Crippen molar-refractivity contribution in [1.29, 1.82) is 0 Å². The van der Waals surface area contributed by atoms with E-state index in [1.165, 1.54) is 0 Å². The molecule has 4 atom stereocenters. The smallest absolute Gasteiger partial charge is 0.326 e. The third-order valence-corrected chi connectivity index (χ3v) is 5.02. The zero-order valence-electron chi connectivity index (χ0n) is 18.8. The minimum absolute atomic E-state index is 0.0878. The van der Waals surface area contributed by atoms with Gasteiger partial charge in [-0.3, -0.25) is 24.0 Å². The largest absolute Gasteiger partial charge is 0.481 e. The molecule has 13 heteroatoms. The summed E-state index contributed by atoms with van der Waals surface area (Å²) in [5.74, 6) is -5.67. The number of carboxylic acids is 2. The fraction of sp³-hybridized carbons (Fsp3) is 0.700. The fourth-order valence-electron chi connectivity index (χ4n) is 3.36. The minimum Gasteiger partial charge on any atom is -0.481 e. The van der Waals surface area contributed by atoms with Crippen molar-refractivity contribution in [1.82, 2.24) is 21.3 Å². The second-order valence-electron chi connectivity index (χ2n) is 8.40. The molecule has 1 rings (SSSR count). The normalized spacial score (nSPS) is 18.1. The van der Waals surface area contributed by atoms with Gasteiger partial charge in [0.2, 0.25) is 23.6 Å². The molecule has 1 saturated heterocycles. The Morgan fingerprint density at radius 2 is 1.58 bits per heavy atom. The summed E-state index contributed by atoms with van der Waals surface area (Å²) in [7, 11) is 0. The number of carbonyl (C=O) groups is 6. The Morgan fingerprint density at radius 3 is 2.06 bits per heavy atom. The first-order chi connectivity index (χ1) is 15.4. The Morgan fingerprint density at radius 1 is 0.970 bits per heavy atom. The third kappa shape index (κ3) is 10.3. The lowest BCUT2D eigenvalue weighted by Gasteiger charge is -2.25. The Hall–Kier alpha value is -3.22. The van der Waals surface area contributed by atoms with E-state index in [0.717, 1.165) is 6.42 Å². The van der Waals surface area contributed by atoms with Gasteiger partial charge in [0, 0.05) is 6.42 Å². The van der Waals surface area contributed by atoms with Gasteiger partial charge in [-0.25, -0.2) is 4.79 Å². The van der Waals surface area contributed by atoms with Crippen molar-refractivity contribution in [3.63, 3.8) is 0 Å². The van der Waals surface area contributed by atoms with Crippen LogP contribution in [0.5, 0.6) is 0 Å². The topological polar surface area (TPSA) is 217 Å². The average molecular weight is 472 g/mol. The first-order valence-corrected chi connectivity index (χ1v) is 10.8. The predicted octanol–water partition coefficient (Wildman–Crippen LogP) is -1.94. The fourth-order valence-corrected chi connectivity index (χ4v) is 3.36. The molecule has 4 unspecified atom stereocenters. The van der Waals surface area contributed by atoms with E-state index in [1.807, 2.05) is 0 Å². The first kappa shape index (κ1) is 27.8. The van der Waals surface area contributed by atoms with Crippen LogP contribution in [0.15, 0.2) is 0 Å². The second kappa shape index (κ2) is 13.4. The van der Waals surface area contributed by atoms with E-state index >= 15 is 0 Å². The molecule has 0 aromatic heterocycles. The van der Waals surface area contributed by atoms with E-state index in [9.17, 15) is 33.9 Å². The number of primary amides is 1. The van der Waals surface area contributed by atoms with Crippen LogP contribution in [0.4, 0.5) is 0 Å². The van der Waals surface area contributed by atoms with Crippen LogP contribution >= 0.6 is 0 Å². The molecule has 8 N–H and O–H groups in total. The van der Waals surface area contributed by atoms with Gasteiger partial charge in [0.15, 0.2) is 0 Å². The van der Waals surface area contributed by atoms with Crippen molar-refractivity contribution < 1.29 is 39.0 Å². The number of nitrogens with one attached hydrogen (secondary N) is 4. The van der Waals surface area contributed by atoms with Crippen LogP contribution in [0, 0.1) is 5.92 Å². The molecule has 1 heterocycles. The van der Waals surface area contributed by atoms with E-state index in [4.69, 9.17) is 10.8 Å². The lowest BCUT2D eigenvalue weighted by atomic mass is 10.0. The Kier molecular flexibility index (Phi) is 11.3. The van der Waals surface area contributed by atoms with E-state index in [1.54, 1.807) is 13.8 Å². The number of aliphatic carboxylic acids is 2. The van der Waals surface area contributed by atoms with Crippen LogP contribution in [-0.2, 0) is 28.8 Å². The highest BCUT2D eigenvalue weighted by molar-refractivity contribution is 5.96. The predicted molar refractivity (Wildman–Crippen MR) is 115 cm³/mol. The molecule has 0 aromatic rings. The van der Waals surface area contributed by atoms with Gasteiger partial charge in [0.25, 0.3) is 0 Å².